The molecular weight excluding hydrogens is 318 g/mol. The van der Waals surface area contributed by atoms with Crippen molar-refractivity contribution in [2.24, 2.45) is 0 Å². The van der Waals surface area contributed by atoms with Gasteiger partial charge in [-0.2, -0.15) is 9.78 Å². The predicted molar refractivity (Wildman–Crippen MR) is 94.9 cm³/mol. The summed E-state index contributed by atoms with van der Waals surface area (Å²) in [6, 6.07) is 16.9. The summed E-state index contributed by atoms with van der Waals surface area (Å²) in [6.07, 6.45) is 0. The molecule has 1 aromatic heterocycles. The van der Waals surface area contributed by atoms with Crippen molar-refractivity contribution in [2.45, 2.75) is 13.5 Å². The number of aliphatic hydroxyl groups is 1. The molecule has 25 heavy (non-hydrogen) atoms. The average Bonchev–Trinajstić information content (AvgIpc) is 2.64. The maximum Gasteiger partial charge on any atom is 0.276 e. The second-order valence-electron chi connectivity index (χ2n) is 5.57. The normalized spacial score (nSPS) is 10.5. The van der Waals surface area contributed by atoms with Crippen LogP contribution in [0.5, 0.6) is 0 Å². The van der Waals surface area contributed by atoms with E-state index < -0.39 is 5.91 Å². The van der Waals surface area contributed by atoms with Crippen LogP contribution in [0.4, 0.5) is 5.69 Å². The van der Waals surface area contributed by atoms with Gasteiger partial charge < -0.3 is 10.4 Å². The highest BCUT2D eigenvalue weighted by atomic mass is 16.3. The second-order valence-corrected chi connectivity index (χ2v) is 5.57. The molecule has 3 aromatic rings. The van der Waals surface area contributed by atoms with Crippen molar-refractivity contribution in [1.82, 2.24) is 9.78 Å². The summed E-state index contributed by atoms with van der Waals surface area (Å²) in [4.78, 5) is 24.5. The van der Waals surface area contributed by atoms with Crippen LogP contribution in [-0.2, 0) is 6.61 Å². The van der Waals surface area contributed by atoms with E-state index in [1.165, 1.54) is 16.8 Å². The zero-order chi connectivity index (χ0) is 17.8. The quantitative estimate of drug-likeness (QED) is 0.766. The lowest BCUT2D eigenvalue weighted by Gasteiger charge is -2.10. The van der Waals surface area contributed by atoms with Crippen LogP contribution in [0.1, 0.15) is 21.6 Å². The number of hydrogen-bond donors (Lipinski definition) is 2. The molecular formula is C19H17N3O3. The molecule has 0 fully saturated rings. The van der Waals surface area contributed by atoms with Crippen LogP contribution >= 0.6 is 0 Å². The summed E-state index contributed by atoms with van der Waals surface area (Å²) in [5.41, 5.74) is 2.54. The van der Waals surface area contributed by atoms with Gasteiger partial charge in [0, 0.05) is 11.8 Å². The molecule has 0 bridgehead atoms. The molecule has 3 rings (SSSR count). The van der Waals surface area contributed by atoms with Crippen LogP contribution < -0.4 is 10.9 Å². The molecule has 0 aliphatic carbocycles. The van der Waals surface area contributed by atoms with Gasteiger partial charge in [0.2, 0.25) is 0 Å². The Hall–Kier alpha value is -3.25. The Kier molecular flexibility index (Phi) is 4.72. The fourth-order valence-electron chi connectivity index (χ4n) is 2.37. The van der Waals surface area contributed by atoms with E-state index in [4.69, 9.17) is 0 Å². The first-order valence-electron chi connectivity index (χ1n) is 7.76. The first kappa shape index (κ1) is 16.6. The summed E-state index contributed by atoms with van der Waals surface area (Å²) >= 11 is 0. The fourth-order valence-corrected chi connectivity index (χ4v) is 2.37. The molecule has 0 unspecified atom stereocenters. The van der Waals surface area contributed by atoms with Crippen molar-refractivity contribution in [3.05, 3.63) is 87.8 Å². The van der Waals surface area contributed by atoms with Crippen LogP contribution in [0.3, 0.4) is 0 Å². The number of hydrogen-bond acceptors (Lipinski definition) is 4. The van der Waals surface area contributed by atoms with E-state index in [0.717, 1.165) is 5.56 Å². The van der Waals surface area contributed by atoms with E-state index in [1.807, 2.05) is 19.1 Å². The highest BCUT2D eigenvalue weighted by molar-refractivity contribution is 6.03. The van der Waals surface area contributed by atoms with Gasteiger partial charge in [-0.3, -0.25) is 9.59 Å². The second kappa shape index (κ2) is 7.11. The van der Waals surface area contributed by atoms with Gasteiger partial charge >= 0.3 is 0 Å². The maximum atomic E-state index is 12.5. The number of benzene rings is 2. The predicted octanol–water partition coefficient (Wildman–Crippen LogP) is 2.29. The van der Waals surface area contributed by atoms with Gasteiger partial charge in [0.25, 0.3) is 11.5 Å². The zero-order valence-corrected chi connectivity index (χ0v) is 13.6. The molecule has 1 heterocycles. The molecule has 1 amide bonds. The van der Waals surface area contributed by atoms with Gasteiger partial charge in [0.05, 0.1) is 12.3 Å². The number of amides is 1. The smallest absolute Gasteiger partial charge is 0.276 e. The van der Waals surface area contributed by atoms with E-state index in [9.17, 15) is 14.7 Å². The highest BCUT2D eigenvalue weighted by Crippen LogP contribution is 2.17. The number of aliphatic hydroxyl groups excluding tert-OH is 1. The number of nitrogens with zero attached hydrogens (tertiary/aromatic N) is 2. The van der Waals surface area contributed by atoms with Gasteiger partial charge in [-0.1, -0.05) is 30.3 Å². The molecule has 126 valence electrons. The molecule has 0 saturated heterocycles. The van der Waals surface area contributed by atoms with Crippen molar-refractivity contribution in [2.75, 3.05) is 5.32 Å². The zero-order valence-electron chi connectivity index (χ0n) is 13.6. The summed E-state index contributed by atoms with van der Waals surface area (Å²) in [7, 11) is 0. The number of carbonyl (C=O) groups is 1. The molecule has 0 radical (unpaired) electrons. The highest BCUT2D eigenvalue weighted by Gasteiger charge is 2.12. The van der Waals surface area contributed by atoms with Crippen LogP contribution in [0.2, 0.25) is 0 Å². The number of anilines is 1. The third-order valence-corrected chi connectivity index (χ3v) is 3.77. The van der Waals surface area contributed by atoms with Gasteiger partial charge in [-0.15, -0.1) is 0 Å². The Labute approximate surface area is 144 Å². The van der Waals surface area contributed by atoms with Crippen LogP contribution in [0.15, 0.2) is 65.5 Å². The monoisotopic (exact) mass is 335 g/mol. The van der Waals surface area contributed by atoms with Crippen molar-refractivity contribution in [3.8, 4) is 5.69 Å². The van der Waals surface area contributed by atoms with Gasteiger partial charge in [0.1, 0.15) is 5.69 Å². The fraction of sp³-hybridized carbons (Fsp3) is 0.105. The first-order chi connectivity index (χ1) is 12.1. The van der Waals surface area contributed by atoms with E-state index >= 15 is 0 Å². The third-order valence-electron chi connectivity index (χ3n) is 3.77. The lowest BCUT2D eigenvalue weighted by Crippen LogP contribution is -2.25. The van der Waals surface area contributed by atoms with Gasteiger partial charge in [-0.05, 0) is 42.3 Å². The number of para-hydroxylation sites is 1. The standard InChI is InChI=1S/C19H17N3O3/c1-13-7-8-14(12-23)11-17(13)20-19(25)16-9-10-18(24)22(21-16)15-5-3-2-4-6-15/h2-11,23H,12H2,1H3,(H,20,25). The summed E-state index contributed by atoms with van der Waals surface area (Å²) in [5.74, 6) is -0.428. The van der Waals surface area contributed by atoms with Gasteiger partial charge in [-0.25, -0.2) is 0 Å². The lowest BCUT2D eigenvalue weighted by molar-refractivity contribution is 0.102. The van der Waals surface area contributed by atoms with Crippen LogP contribution in [0.25, 0.3) is 5.69 Å². The molecule has 0 saturated carbocycles. The summed E-state index contributed by atoms with van der Waals surface area (Å²) in [5, 5.41) is 16.2. The van der Waals surface area contributed by atoms with Crippen molar-refractivity contribution in [1.29, 1.82) is 0 Å². The van der Waals surface area contributed by atoms with E-state index in [0.29, 0.717) is 16.9 Å². The number of rotatable bonds is 4. The Bertz CT molecular complexity index is 965. The SMILES string of the molecule is Cc1ccc(CO)cc1NC(=O)c1ccc(=O)n(-c2ccccc2)n1. The van der Waals surface area contributed by atoms with Gasteiger partial charge in [0.15, 0.2) is 0 Å². The Morgan fingerprint density at radius 3 is 2.60 bits per heavy atom. The number of aromatic nitrogens is 2. The maximum absolute atomic E-state index is 12.5. The molecule has 6 nitrogen and oxygen atoms in total. The van der Waals surface area contributed by atoms with Crippen LogP contribution in [-0.4, -0.2) is 20.8 Å². The minimum atomic E-state index is -0.428. The summed E-state index contributed by atoms with van der Waals surface area (Å²) < 4.78 is 1.19. The van der Waals surface area contributed by atoms with Crippen molar-refractivity contribution >= 4 is 11.6 Å². The molecule has 2 aromatic carbocycles. The molecule has 0 aliphatic heterocycles. The minimum absolute atomic E-state index is 0.111. The number of aryl methyl sites for hydroxylation is 1. The first-order valence-corrected chi connectivity index (χ1v) is 7.76. The Morgan fingerprint density at radius 1 is 1.12 bits per heavy atom. The third kappa shape index (κ3) is 3.64. The molecule has 0 aliphatic rings. The molecule has 2 N–H and O–H groups in total. The lowest BCUT2D eigenvalue weighted by atomic mass is 10.1. The van der Waals surface area contributed by atoms with E-state index in [2.05, 4.69) is 10.4 Å². The number of carbonyl (C=O) groups excluding carboxylic acids is 1. The molecule has 6 heteroatoms. The Morgan fingerprint density at radius 2 is 1.88 bits per heavy atom. The molecule has 0 spiro atoms. The summed E-state index contributed by atoms with van der Waals surface area (Å²) in [6.45, 7) is 1.75. The van der Waals surface area contributed by atoms with Crippen molar-refractivity contribution < 1.29 is 9.90 Å². The number of nitrogens with one attached hydrogen (secondary N) is 1. The Balaban J connectivity index is 1.92. The van der Waals surface area contributed by atoms with E-state index in [1.54, 1.807) is 36.4 Å². The minimum Gasteiger partial charge on any atom is -0.392 e. The largest absolute Gasteiger partial charge is 0.392 e. The van der Waals surface area contributed by atoms with Crippen molar-refractivity contribution in [3.63, 3.8) is 0 Å². The average molecular weight is 335 g/mol. The van der Waals surface area contributed by atoms with Crippen LogP contribution in [0, 0.1) is 6.92 Å². The molecule has 0 atom stereocenters. The topological polar surface area (TPSA) is 84.2 Å². The van der Waals surface area contributed by atoms with E-state index in [-0.39, 0.29) is 17.9 Å².